The number of anilines is 1. The van der Waals surface area contributed by atoms with Gasteiger partial charge < -0.3 is 10.7 Å². The summed E-state index contributed by atoms with van der Waals surface area (Å²) in [5.41, 5.74) is 5.44. The largest absolute Gasteiger partial charge is 0.348 e. The number of hydrogen-bond acceptors (Lipinski definition) is 4. The minimum atomic E-state index is -0.247. The average Bonchev–Trinajstić information content (AvgIpc) is 2.46. The van der Waals surface area contributed by atoms with Crippen molar-refractivity contribution in [3.05, 3.63) is 58.4 Å². The summed E-state index contributed by atoms with van der Waals surface area (Å²) in [5.74, 6) is 5.14. The number of aromatic nitrogens is 1. The number of nitrogens with two attached hydrogens (primary N) is 1. The van der Waals surface area contributed by atoms with Gasteiger partial charge in [-0.3, -0.25) is 15.6 Å². The number of nitrogens with one attached hydrogen (secondary N) is 2. The van der Waals surface area contributed by atoms with Crippen molar-refractivity contribution in [3.8, 4) is 0 Å². The maximum Gasteiger partial charge on any atom is 0.253 e. The van der Waals surface area contributed by atoms with Crippen LogP contribution in [0.1, 0.15) is 21.5 Å². The fourth-order valence-corrected chi connectivity index (χ4v) is 1.95. The van der Waals surface area contributed by atoms with Gasteiger partial charge in [-0.05, 0) is 42.3 Å². The van der Waals surface area contributed by atoms with Gasteiger partial charge in [-0.2, -0.15) is 0 Å². The van der Waals surface area contributed by atoms with Gasteiger partial charge in [-0.15, -0.1) is 0 Å². The van der Waals surface area contributed by atoms with E-state index in [2.05, 4.69) is 15.7 Å². The first-order valence-corrected chi connectivity index (χ1v) is 6.43. The number of benzene rings is 1. The topological polar surface area (TPSA) is 80.0 Å². The molecule has 0 unspecified atom stereocenters. The number of carbonyl (C=O) groups is 1. The summed E-state index contributed by atoms with van der Waals surface area (Å²) in [6, 6.07) is 6.79. The fourth-order valence-electron chi connectivity index (χ4n) is 1.78. The molecule has 0 spiro atoms. The van der Waals surface area contributed by atoms with Gasteiger partial charge in [0.05, 0.1) is 11.3 Å². The van der Waals surface area contributed by atoms with Gasteiger partial charge in [0.25, 0.3) is 5.91 Å². The zero-order chi connectivity index (χ0) is 14.5. The highest BCUT2D eigenvalue weighted by Crippen LogP contribution is 2.20. The predicted octanol–water partition coefficient (Wildman–Crippen LogP) is 2.26. The first-order valence-electron chi connectivity index (χ1n) is 6.05. The maximum absolute atomic E-state index is 12.2. The highest BCUT2D eigenvalue weighted by Gasteiger charge is 2.11. The van der Waals surface area contributed by atoms with Gasteiger partial charge in [-0.25, -0.2) is 0 Å². The summed E-state index contributed by atoms with van der Waals surface area (Å²) in [6.07, 6.45) is 3.45. The Hall–Kier alpha value is -2.11. The predicted molar refractivity (Wildman–Crippen MR) is 79.4 cm³/mol. The second-order valence-electron chi connectivity index (χ2n) is 4.32. The maximum atomic E-state index is 12.2. The van der Waals surface area contributed by atoms with E-state index in [0.29, 0.717) is 22.8 Å². The van der Waals surface area contributed by atoms with Gasteiger partial charge in [-0.1, -0.05) is 11.6 Å². The van der Waals surface area contributed by atoms with E-state index in [1.807, 2.05) is 13.0 Å². The monoisotopic (exact) mass is 290 g/mol. The molecule has 0 saturated carbocycles. The lowest BCUT2D eigenvalue weighted by molar-refractivity contribution is 0.0951. The summed E-state index contributed by atoms with van der Waals surface area (Å²) in [5, 5.41) is 3.30. The van der Waals surface area contributed by atoms with Crippen molar-refractivity contribution in [1.82, 2.24) is 10.3 Å². The van der Waals surface area contributed by atoms with E-state index < -0.39 is 0 Å². The van der Waals surface area contributed by atoms with Crippen molar-refractivity contribution in [3.63, 3.8) is 0 Å². The van der Waals surface area contributed by atoms with E-state index >= 15 is 0 Å². The fraction of sp³-hybridized carbons (Fsp3) is 0.143. The van der Waals surface area contributed by atoms with Gasteiger partial charge in [0.15, 0.2) is 0 Å². The number of amides is 1. The second kappa shape index (κ2) is 6.36. The molecule has 0 bridgehead atoms. The molecule has 0 aliphatic carbocycles. The molecule has 104 valence electrons. The third-order valence-corrected chi connectivity index (χ3v) is 3.20. The van der Waals surface area contributed by atoms with Crippen molar-refractivity contribution in [2.75, 3.05) is 5.43 Å². The lowest BCUT2D eigenvalue weighted by Gasteiger charge is -2.11. The lowest BCUT2D eigenvalue weighted by Crippen LogP contribution is -2.25. The zero-order valence-corrected chi connectivity index (χ0v) is 11.7. The van der Waals surface area contributed by atoms with Crippen LogP contribution in [0, 0.1) is 6.92 Å². The van der Waals surface area contributed by atoms with Crippen molar-refractivity contribution in [2.45, 2.75) is 13.5 Å². The van der Waals surface area contributed by atoms with Crippen LogP contribution >= 0.6 is 11.6 Å². The standard InChI is InChI=1S/C14H15ClN4O/c1-9-4-5-17-7-10(9)8-18-14(20)12-6-11(15)2-3-13(12)19-16/h2-7,19H,8,16H2,1H3,(H,18,20). The number of rotatable bonds is 4. The molecule has 4 N–H and O–H groups in total. The Morgan fingerprint density at radius 3 is 2.90 bits per heavy atom. The Morgan fingerprint density at radius 2 is 2.20 bits per heavy atom. The van der Waals surface area contributed by atoms with Gasteiger partial charge in [0.2, 0.25) is 0 Å². The molecule has 2 aromatic rings. The van der Waals surface area contributed by atoms with E-state index in [9.17, 15) is 4.79 Å². The van der Waals surface area contributed by atoms with Crippen molar-refractivity contribution < 1.29 is 4.79 Å². The van der Waals surface area contributed by atoms with Crippen LogP contribution in [0.2, 0.25) is 5.02 Å². The second-order valence-corrected chi connectivity index (χ2v) is 4.76. The molecule has 1 aromatic heterocycles. The smallest absolute Gasteiger partial charge is 0.253 e. The summed E-state index contributed by atoms with van der Waals surface area (Å²) in [7, 11) is 0. The van der Waals surface area contributed by atoms with Gasteiger partial charge in [0.1, 0.15) is 0 Å². The quantitative estimate of drug-likeness (QED) is 0.596. The van der Waals surface area contributed by atoms with Crippen LogP contribution in [-0.2, 0) is 6.54 Å². The van der Waals surface area contributed by atoms with E-state index in [1.54, 1.807) is 30.6 Å². The molecule has 0 radical (unpaired) electrons. The minimum Gasteiger partial charge on any atom is -0.348 e. The number of halogens is 1. The number of nitrogen functional groups attached to an aromatic ring is 1. The third-order valence-electron chi connectivity index (χ3n) is 2.97. The first-order chi connectivity index (χ1) is 9.61. The van der Waals surface area contributed by atoms with Crippen LogP contribution in [0.5, 0.6) is 0 Å². The van der Waals surface area contributed by atoms with E-state index in [-0.39, 0.29) is 5.91 Å². The van der Waals surface area contributed by atoms with Crippen molar-refractivity contribution >= 4 is 23.2 Å². The number of pyridine rings is 1. The molecule has 20 heavy (non-hydrogen) atoms. The van der Waals surface area contributed by atoms with Gasteiger partial charge in [0, 0.05) is 24.0 Å². The number of aryl methyl sites for hydroxylation is 1. The van der Waals surface area contributed by atoms with Crippen molar-refractivity contribution in [2.24, 2.45) is 5.84 Å². The molecular formula is C14H15ClN4O. The molecule has 0 atom stereocenters. The first kappa shape index (κ1) is 14.3. The van der Waals surface area contributed by atoms with Crippen LogP contribution in [0.15, 0.2) is 36.7 Å². The van der Waals surface area contributed by atoms with Crippen molar-refractivity contribution in [1.29, 1.82) is 0 Å². The lowest BCUT2D eigenvalue weighted by atomic mass is 10.1. The molecule has 2 rings (SSSR count). The summed E-state index contributed by atoms with van der Waals surface area (Å²) < 4.78 is 0. The molecule has 0 saturated heterocycles. The van der Waals surface area contributed by atoms with E-state index in [4.69, 9.17) is 17.4 Å². The Balaban J connectivity index is 2.13. The number of hydrogen-bond donors (Lipinski definition) is 3. The molecule has 1 heterocycles. The Morgan fingerprint density at radius 1 is 1.40 bits per heavy atom. The molecular weight excluding hydrogens is 276 g/mol. The molecule has 1 amide bonds. The minimum absolute atomic E-state index is 0.247. The third kappa shape index (κ3) is 3.26. The van der Waals surface area contributed by atoms with Gasteiger partial charge >= 0.3 is 0 Å². The van der Waals surface area contributed by atoms with E-state index in [0.717, 1.165) is 11.1 Å². The average molecular weight is 291 g/mol. The summed E-state index contributed by atoms with van der Waals surface area (Å²) >= 11 is 5.90. The number of hydrazine groups is 1. The van der Waals surface area contributed by atoms with Crippen LogP contribution in [0.3, 0.4) is 0 Å². The summed E-state index contributed by atoms with van der Waals surface area (Å²) in [6.45, 7) is 2.37. The molecule has 6 heteroatoms. The summed E-state index contributed by atoms with van der Waals surface area (Å²) in [4.78, 5) is 16.2. The number of nitrogens with zero attached hydrogens (tertiary/aromatic N) is 1. The Kier molecular flexibility index (Phi) is 4.55. The normalized spacial score (nSPS) is 10.2. The van der Waals surface area contributed by atoms with E-state index in [1.165, 1.54) is 0 Å². The zero-order valence-electron chi connectivity index (χ0n) is 11.0. The number of carbonyl (C=O) groups excluding carboxylic acids is 1. The highest BCUT2D eigenvalue weighted by atomic mass is 35.5. The molecule has 1 aromatic carbocycles. The SMILES string of the molecule is Cc1ccncc1CNC(=O)c1cc(Cl)ccc1NN. The Bertz CT molecular complexity index is 630. The van der Waals surface area contributed by atoms with Crippen LogP contribution in [-0.4, -0.2) is 10.9 Å². The van der Waals surface area contributed by atoms with Crippen LogP contribution < -0.4 is 16.6 Å². The molecule has 0 aliphatic rings. The molecule has 5 nitrogen and oxygen atoms in total. The highest BCUT2D eigenvalue weighted by molar-refractivity contribution is 6.31. The molecule has 0 fully saturated rings. The van der Waals surface area contributed by atoms with Crippen LogP contribution in [0.4, 0.5) is 5.69 Å². The Labute approximate surface area is 122 Å². The molecule has 0 aliphatic heterocycles. The van der Waals surface area contributed by atoms with Crippen LogP contribution in [0.25, 0.3) is 0 Å².